The van der Waals surface area contributed by atoms with Crippen molar-refractivity contribution in [2.75, 3.05) is 17.2 Å². The van der Waals surface area contributed by atoms with E-state index in [1.807, 2.05) is 0 Å². The largest absolute Gasteiger partial charge is 0.312 e. The predicted octanol–water partition coefficient (Wildman–Crippen LogP) is 0.375. The van der Waals surface area contributed by atoms with Crippen molar-refractivity contribution >= 4 is 27.3 Å². The van der Waals surface area contributed by atoms with E-state index in [1.165, 1.54) is 0 Å². The second-order valence-electron chi connectivity index (χ2n) is 4.83. The highest BCUT2D eigenvalue weighted by molar-refractivity contribution is 7.89. The molecule has 1 unspecified atom stereocenters. The lowest BCUT2D eigenvalue weighted by Crippen LogP contribution is -2.27. The number of carbonyl (C=O) groups excluding carboxylic acids is 1. The standard InChI is InChI=1S/C11H12FN3O5S/c12-8-2-9(4-10(3-8)15(17)18)14-5-7(1-11(14)16)6-21(13,19)20/h2-4,7H,1,5-6H2,(H2,13,19,20). The second kappa shape index (κ2) is 5.37. The van der Waals surface area contributed by atoms with Gasteiger partial charge in [0, 0.05) is 24.9 Å². The van der Waals surface area contributed by atoms with Crippen molar-refractivity contribution in [3.05, 3.63) is 34.1 Å². The highest BCUT2D eigenvalue weighted by Gasteiger charge is 2.33. The minimum Gasteiger partial charge on any atom is -0.312 e. The number of nitro groups is 1. The van der Waals surface area contributed by atoms with E-state index in [2.05, 4.69) is 0 Å². The normalized spacial score (nSPS) is 19.0. The Bertz CT molecular complexity index is 706. The summed E-state index contributed by atoms with van der Waals surface area (Å²) in [6.45, 7) is 0.0237. The summed E-state index contributed by atoms with van der Waals surface area (Å²) < 4.78 is 35.4. The predicted molar refractivity (Wildman–Crippen MR) is 71.5 cm³/mol. The monoisotopic (exact) mass is 317 g/mol. The van der Waals surface area contributed by atoms with Crippen LogP contribution >= 0.6 is 0 Å². The van der Waals surface area contributed by atoms with Crippen molar-refractivity contribution in [3.8, 4) is 0 Å². The van der Waals surface area contributed by atoms with Crippen LogP contribution in [0.25, 0.3) is 0 Å². The number of primary sulfonamides is 1. The summed E-state index contributed by atoms with van der Waals surface area (Å²) in [5.74, 6) is -2.16. The van der Waals surface area contributed by atoms with E-state index in [4.69, 9.17) is 5.14 Å². The maximum atomic E-state index is 13.4. The summed E-state index contributed by atoms with van der Waals surface area (Å²) in [6.07, 6.45) is -0.0548. The Hall–Kier alpha value is -2.07. The highest BCUT2D eigenvalue weighted by Crippen LogP contribution is 2.29. The van der Waals surface area contributed by atoms with Gasteiger partial charge in [0.25, 0.3) is 5.69 Å². The first-order chi connectivity index (χ1) is 9.65. The maximum Gasteiger partial charge on any atom is 0.274 e. The number of benzene rings is 1. The summed E-state index contributed by atoms with van der Waals surface area (Å²) >= 11 is 0. The van der Waals surface area contributed by atoms with Gasteiger partial charge in [0.15, 0.2) is 0 Å². The molecule has 1 amide bonds. The third-order valence-electron chi connectivity index (χ3n) is 3.06. The molecule has 1 aromatic rings. The molecule has 8 nitrogen and oxygen atoms in total. The number of nitrogens with two attached hydrogens (primary N) is 1. The van der Waals surface area contributed by atoms with Gasteiger partial charge >= 0.3 is 0 Å². The molecule has 1 aliphatic rings. The maximum absolute atomic E-state index is 13.4. The number of non-ortho nitro benzene ring substituents is 1. The van der Waals surface area contributed by atoms with Crippen LogP contribution < -0.4 is 10.0 Å². The second-order valence-corrected chi connectivity index (χ2v) is 6.49. The van der Waals surface area contributed by atoms with Gasteiger partial charge in [-0.05, 0) is 6.07 Å². The number of hydrogen-bond acceptors (Lipinski definition) is 5. The first-order valence-corrected chi connectivity index (χ1v) is 7.63. The van der Waals surface area contributed by atoms with Crippen molar-refractivity contribution < 1.29 is 22.5 Å². The smallest absolute Gasteiger partial charge is 0.274 e. The third kappa shape index (κ3) is 3.73. The van der Waals surface area contributed by atoms with Crippen LogP contribution in [-0.4, -0.2) is 31.5 Å². The summed E-state index contributed by atoms with van der Waals surface area (Å²) in [5, 5.41) is 15.6. The Morgan fingerprint density at radius 1 is 1.43 bits per heavy atom. The molecule has 1 atom stereocenters. The lowest BCUT2D eigenvalue weighted by atomic mass is 10.1. The van der Waals surface area contributed by atoms with Gasteiger partial charge < -0.3 is 4.90 Å². The molecule has 0 aromatic heterocycles. The number of nitrogens with zero attached hydrogens (tertiary/aromatic N) is 2. The topological polar surface area (TPSA) is 124 Å². The number of rotatable bonds is 4. The Labute approximate surface area is 119 Å². The number of hydrogen-bond donors (Lipinski definition) is 1. The van der Waals surface area contributed by atoms with E-state index < -0.39 is 38.3 Å². The zero-order valence-corrected chi connectivity index (χ0v) is 11.5. The Morgan fingerprint density at radius 3 is 2.67 bits per heavy atom. The minimum absolute atomic E-state index is 0.0237. The van der Waals surface area contributed by atoms with Crippen LogP contribution in [0.15, 0.2) is 18.2 Å². The van der Waals surface area contributed by atoms with Crippen LogP contribution in [0.4, 0.5) is 15.8 Å². The van der Waals surface area contributed by atoms with E-state index >= 15 is 0 Å². The minimum atomic E-state index is -3.73. The quantitative estimate of drug-likeness (QED) is 0.635. The van der Waals surface area contributed by atoms with Crippen LogP contribution in [0.2, 0.25) is 0 Å². The molecule has 1 fully saturated rings. The molecule has 2 N–H and O–H groups in total. The molecule has 1 aliphatic heterocycles. The zero-order chi connectivity index (χ0) is 15.8. The molecule has 0 bridgehead atoms. The van der Waals surface area contributed by atoms with Crippen LogP contribution in [0.3, 0.4) is 0 Å². The molecule has 10 heteroatoms. The zero-order valence-electron chi connectivity index (χ0n) is 10.7. The molecular formula is C11H12FN3O5S. The van der Waals surface area contributed by atoms with Crippen LogP contribution in [-0.2, 0) is 14.8 Å². The van der Waals surface area contributed by atoms with Gasteiger partial charge in [0.2, 0.25) is 15.9 Å². The van der Waals surface area contributed by atoms with Crippen LogP contribution in [0.1, 0.15) is 6.42 Å². The van der Waals surface area contributed by atoms with Gasteiger partial charge in [-0.25, -0.2) is 17.9 Å². The molecule has 1 aromatic carbocycles. The Balaban J connectivity index is 2.27. The molecule has 2 rings (SSSR count). The SMILES string of the molecule is NS(=O)(=O)CC1CC(=O)N(c2cc(F)cc([N+](=O)[O-])c2)C1. The van der Waals surface area contributed by atoms with Crippen LogP contribution in [0, 0.1) is 21.8 Å². The molecule has 0 aliphatic carbocycles. The number of halogens is 1. The van der Waals surface area contributed by atoms with E-state index in [0.29, 0.717) is 0 Å². The molecule has 0 saturated carbocycles. The number of anilines is 1. The Kier molecular flexibility index (Phi) is 3.92. The number of carbonyl (C=O) groups is 1. The van der Waals surface area contributed by atoms with Crippen molar-refractivity contribution in [1.82, 2.24) is 0 Å². The van der Waals surface area contributed by atoms with E-state index in [1.54, 1.807) is 0 Å². The van der Waals surface area contributed by atoms with Crippen molar-refractivity contribution in [2.24, 2.45) is 11.1 Å². The fourth-order valence-electron chi connectivity index (χ4n) is 2.29. The highest BCUT2D eigenvalue weighted by atomic mass is 32.2. The molecule has 1 saturated heterocycles. The fraction of sp³-hybridized carbons (Fsp3) is 0.364. The first-order valence-electron chi connectivity index (χ1n) is 5.91. The van der Waals surface area contributed by atoms with Gasteiger partial charge in [0.1, 0.15) is 5.82 Å². The van der Waals surface area contributed by atoms with E-state index in [9.17, 15) is 27.7 Å². The third-order valence-corrected chi connectivity index (χ3v) is 4.00. The average molecular weight is 317 g/mol. The van der Waals surface area contributed by atoms with Gasteiger partial charge in [-0.1, -0.05) is 0 Å². The molecule has 1 heterocycles. The van der Waals surface area contributed by atoms with Crippen LogP contribution in [0.5, 0.6) is 0 Å². The fourth-order valence-corrected chi connectivity index (χ4v) is 3.17. The van der Waals surface area contributed by atoms with E-state index in [0.717, 1.165) is 23.1 Å². The molecule has 0 spiro atoms. The molecule has 21 heavy (non-hydrogen) atoms. The Morgan fingerprint density at radius 2 is 2.10 bits per heavy atom. The summed E-state index contributed by atoms with van der Waals surface area (Å²) in [5.41, 5.74) is -0.448. The molecular weight excluding hydrogens is 305 g/mol. The number of amides is 1. The molecule has 0 radical (unpaired) electrons. The van der Waals surface area contributed by atoms with E-state index in [-0.39, 0.29) is 24.4 Å². The summed E-state index contributed by atoms with van der Waals surface area (Å²) in [4.78, 5) is 22.9. The summed E-state index contributed by atoms with van der Waals surface area (Å²) in [7, 11) is -3.73. The first kappa shape index (κ1) is 15.3. The number of sulfonamides is 1. The van der Waals surface area contributed by atoms with Gasteiger partial charge in [-0.2, -0.15) is 0 Å². The van der Waals surface area contributed by atoms with Gasteiger partial charge in [-0.3, -0.25) is 14.9 Å². The van der Waals surface area contributed by atoms with Crippen molar-refractivity contribution in [3.63, 3.8) is 0 Å². The summed E-state index contributed by atoms with van der Waals surface area (Å²) in [6, 6.07) is 2.80. The van der Waals surface area contributed by atoms with Crippen molar-refractivity contribution in [2.45, 2.75) is 6.42 Å². The van der Waals surface area contributed by atoms with Gasteiger partial charge in [0.05, 0.1) is 22.4 Å². The molecule has 114 valence electrons. The number of nitro benzene ring substituents is 1. The lowest BCUT2D eigenvalue weighted by molar-refractivity contribution is -0.385. The average Bonchev–Trinajstić information content (AvgIpc) is 2.66. The van der Waals surface area contributed by atoms with Gasteiger partial charge in [-0.15, -0.1) is 0 Å². The lowest BCUT2D eigenvalue weighted by Gasteiger charge is -2.16. The van der Waals surface area contributed by atoms with Crippen molar-refractivity contribution in [1.29, 1.82) is 0 Å².